The standard InChI is InChI=1S/C4H6F4O2S/c5-3(6)4(7,8)1-2-11(9)10/h3H,1-2H2,(H,9,10). The molecule has 0 fully saturated rings. The van der Waals surface area contributed by atoms with Gasteiger partial charge in [0.15, 0.2) is 11.1 Å². The van der Waals surface area contributed by atoms with Gasteiger partial charge in [-0.3, -0.25) is 0 Å². The van der Waals surface area contributed by atoms with Gasteiger partial charge in [0, 0.05) is 6.42 Å². The lowest BCUT2D eigenvalue weighted by molar-refractivity contribution is -0.129. The molecular formula is C4H6F4O2S. The van der Waals surface area contributed by atoms with E-state index in [1.165, 1.54) is 0 Å². The Morgan fingerprint density at radius 1 is 1.45 bits per heavy atom. The summed E-state index contributed by atoms with van der Waals surface area (Å²) in [7, 11) is 0. The van der Waals surface area contributed by atoms with E-state index in [9.17, 15) is 21.8 Å². The van der Waals surface area contributed by atoms with Gasteiger partial charge < -0.3 is 4.55 Å². The topological polar surface area (TPSA) is 37.3 Å². The summed E-state index contributed by atoms with van der Waals surface area (Å²) in [5.74, 6) is -4.99. The van der Waals surface area contributed by atoms with Gasteiger partial charge in [-0.25, -0.2) is 21.8 Å². The lowest BCUT2D eigenvalue weighted by atomic mass is 10.3. The maximum Gasteiger partial charge on any atom is 0.308 e. The van der Waals surface area contributed by atoms with Crippen LogP contribution in [0.2, 0.25) is 0 Å². The van der Waals surface area contributed by atoms with Crippen molar-refractivity contribution in [2.24, 2.45) is 0 Å². The van der Waals surface area contributed by atoms with Gasteiger partial charge in [0.05, 0.1) is 5.75 Å². The molecule has 7 heteroatoms. The molecule has 1 atom stereocenters. The summed E-state index contributed by atoms with van der Waals surface area (Å²) < 4.78 is 64.3. The molecule has 0 amide bonds. The Morgan fingerprint density at radius 3 is 2.18 bits per heavy atom. The highest BCUT2D eigenvalue weighted by Crippen LogP contribution is 2.26. The largest absolute Gasteiger partial charge is 0.308 e. The van der Waals surface area contributed by atoms with Gasteiger partial charge in [0.25, 0.3) is 0 Å². The van der Waals surface area contributed by atoms with Crippen molar-refractivity contribution < 1.29 is 26.3 Å². The summed E-state index contributed by atoms with van der Waals surface area (Å²) in [5.41, 5.74) is 0. The van der Waals surface area contributed by atoms with Crippen LogP contribution in [0.1, 0.15) is 6.42 Å². The first-order chi connectivity index (χ1) is 4.86. The van der Waals surface area contributed by atoms with Crippen LogP contribution in [0, 0.1) is 0 Å². The molecule has 0 rings (SSSR count). The van der Waals surface area contributed by atoms with Gasteiger partial charge in [-0.05, 0) is 0 Å². The summed E-state index contributed by atoms with van der Waals surface area (Å²) in [6, 6.07) is 0. The van der Waals surface area contributed by atoms with Gasteiger partial charge in [-0.15, -0.1) is 0 Å². The van der Waals surface area contributed by atoms with Crippen LogP contribution in [0.3, 0.4) is 0 Å². The van der Waals surface area contributed by atoms with Crippen LogP contribution >= 0.6 is 0 Å². The molecule has 11 heavy (non-hydrogen) atoms. The molecule has 68 valence electrons. The minimum Gasteiger partial charge on any atom is -0.306 e. The van der Waals surface area contributed by atoms with Crippen LogP contribution in [0.5, 0.6) is 0 Å². The van der Waals surface area contributed by atoms with E-state index >= 15 is 0 Å². The van der Waals surface area contributed by atoms with Crippen LogP contribution in [0.15, 0.2) is 0 Å². The second-order valence-corrected chi connectivity index (χ2v) is 2.89. The molecule has 2 nitrogen and oxygen atoms in total. The van der Waals surface area contributed by atoms with Crippen molar-refractivity contribution in [2.75, 3.05) is 5.75 Å². The first-order valence-electron chi connectivity index (χ1n) is 2.59. The first kappa shape index (κ1) is 10.8. The van der Waals surface area contributed by atoms with Gasteiger partial charge in [-0.1, -0.05) is 0 Å². The quantitative estimate of drug-likeness (QED) is 0.544. The van der Waals surface area contributed by atoms with Crippen LogP contribution in [-0.2, 0) is 11.1 Å². The Kier molecular flexibility index (Phi) is 3.95. The fourth-order valence-corrected chi connectivity index (χ4v) is 0.779. The molecule has 0 aromatic rings. The summed E-state index contributed by atoms with van der Waals surface area (Å²) in [5, 5.41) is 0. The van der Waals surface area contributed by atoms with Gasteiger partial charge in [0.2, 0.25) is 0 Å². The molecule has 0 saturated carbocycles. The molecule has 1 unspecified atom stereocenters. The summed E-state index contributed by atoms with van der Waals surface area (Å²) in [4.78, 5) is 0. The number of hydrogen-bond acceptors (Lipinski definition) is 1. The molecular weight excluding hydrogens is 188 g/mol. The highest BCUT2D eigenvalue weighted by Gasteiger charge is 2.40. The van der Waals surface area contributed by atoms with Crippen LogP contribution in [-0.4, -0.2) is 26.9 Å². The smallest absolute Gasteiger partial charge is 0.306 e. The van der Waals surface area contributed by atoms with E-state index in [1.54, 1.807) is 0 Å². The minimum atomic E-state index is -4.15. The molecule has 0 aliphatic rings. The van der Waals surface area contributed by atoms with E-state index in [4.69, 9.17) is 4.55 Å². The number of hydrogen-bond donors (Lipinski definition) is 1. The average Bonchev–Trinajstić information content (AvgIpc) is 1.84. The van der Waals surface area contributed by atoms with Crippen molar-refractivity contribution in [3.8, 4) is 0 Å². The van der Waals surface area contributed by atoms with Crippen molar-refractivity contribution >= 4 is 11.1 Å². The second kappa shape index (κ2) is 4.01. The molecule has 0 radical (unpaired) electrons. The molecule has 0 aliphatic carbocycles. The van der Waals surface area contributed by atoms with Crippen LogP contribution in [0.4, 0.5) is 17.6 Å². The van der Waals surface area contributed by atoms with Crippen molar-refractivity contribution in [1.29, 1.82) is 0 Å². The first-order valence-corrected chi connectivity index (χ1v) is 3.87. The van der Waals surface area contributed by atoms with Crippen molar-refractivity contribution in [3.63, 3.8) is 0 Å². The van der Waals surface area contributed by atoms with E-state index in [0.717, 1.165) is 0 Å². The SMILES string of the molecule is O=S(O)CCC(F)(F)C(F)F. The van der Waals surface area contributed by atoms with Crippen LogP contribution in [0.25, 0.3) is 0 Å². The van der Waals surface area contributed by atoms with E-state index in [1.807, 2.05) is 0 Å². The number of rotatable bonds is 4. The Balaban J connectivity index is 3.82. The minimum absolute atomic E-state index is 0.836. The molecule has 0 aromatic carbocycles. The Morgan fingerprint density at radius 2 is 1.91 bits per heavy atom. The highest BCUT2D eigenvalue weighted by molar-refractivity contribution is 7.79. The maximum absolute atomic E-state index is 11.9. The summed E-state index contributed by atoms with van der Waals surface area (Å²) in [6.07, 6.45) is -5.04. The van der Waals surface area contributed by atoms with Gasteiger partial charge >= 0.3 is 12.3 Å². The zero-order valence-corrected chi connectivity index (χ0v) is 6.08. The molecule has 0 aromatic heterocycles. The highest BCUT2D eigenvalue weighted by atomic mass is 32.2. The van der Waals surface area contributed by atoms with Crippen molar-refractivity contribution in [1.82, 2.24) is 0 Å². The van der Waals surface area contributed by atoms with E-state index in [0.29, 0.717) is 0 Å². The number of alkyl halides is 4. The molecule has 0 aliphatic heterocycles. The second-order valence-electron chi connectivity index (χ2n) is 1.84. The van der Waals surface area contributed by atoms with Crippen LogP contribution < -0.4 is 0 Å². The monoisotopic (exact) mass is 194 g/mol. The Hall–Kier alpha value is -0.170. The fraction of sp³-hybridized carbons (Fsp3) is 1.00. The predicted octanol–water partition coefficient (Wildman–Crippen LogP) is 1.50. The zero-order chi connectivity index (χ0) is 9.07. The maximum atomic E-state index is 11.9. The van der Waals surface area contributed by atoms with Gasteiger partial charge in [-0.2, -0.15) is 0 Å². The molecule has 0 bridgehead atoms. The summed E-state index contributed by atoms with van der Waals surface area (Å²) >= 11 is -2.44. The third-order valence-electron chi connectivity index (χ3n) is 0.929. The number of halogens is 4. The Labute approximate surface area is 62.9 Å². The predicted molar refractivity (Wildman–Crippen MR) is 31.2 cm³/mol. The average molecular weight is 194 g/mol. The van der Waals surface area contributed by atoms with Gasteiger partial charge in [0.1, 0.15) is 0 Å². The van der Waals surface area contributed by atoms with E-state index < -0.39 is 35.6 Å². The van der Waals surface area contributed by atoms with E-state index in [2.05, 4.69) is 0 Å². The third-order valence-corrected chi connectivity index (χ3v) is 1.48. The lowest BCUT2D eigenvalue weighted by Gasteiger charge is -2.12. The zero-order valence-electron chi connectivity index (χ0n) is 5.27. The molecule has 0 spiro atoms. The normalized spacial score (nSPS) is 15.5. The summed E-state index contributed by atoms with van der Waals surface area (Å²) in [6.45, 7) is 0. The molecule has 0 heterocycles. The van der Waals surface area contributed by atoms with E-state index in [-0.39, 0.29) is 0 Å². The molecule has 1 N–H and O–H groups in total. The third kappa shape index (κ3) is 4.31. The molecule has 0 saturated heterocycles. The fourth-order valence-electron chi connectivity index (χ4n) is 0.332. The lowest BCUT2D eigenvalue weighted by Crippen LogP contribution is -2.28. The van der Waals surface area contributed by atoms with Crippen molar-refractivity contribution in [2.45, 2.75) is 18.8 Å². The Bertz CT molecular complexity index is 149. The van der Waals surface area contributed by atoms with Crippen molar-refractivity contribution in [3.05, 3.63) is 0 Å².